The third-order valence-corrected chi connectivity index (χ3v) is 5.86. The maximum Gasteiger partial charge on any atom is 0.247 e. The van der Waals surface area contributed by atoms with Gasteiger partial charge in [0.25, 0.3) is 0 Å². The Morgan fingerprint density at radius 3 is 3.00 bits per heavy atom. The molecule has 0 amide bonds. The normalized spacial score (nSPS) is 19.9. The number of nitrogens with one attached hydrogen (secondary N) is 1. The molecule has 1 aromatic heterocycles. The summed E-state index contributed by atoms with van der Waals surface area (Å²) >= 11 is 1.15. The van der Waals surface area contributed by atoms with Crippen molar-refractivity contribution >= 4 is 27.3 Å². The highest BCUT2D eigenvalue weighted by atomic mass is 32.2. The van der Waals surface area contributed by atoms with Gasteiger partial charge in [0, 0.05) is 32.1 Å². The van der Waals surface area contributed by atoms with Crippen LogP contribution in [0.15, 0.2) is 21.3 Å². The van der Waals surface area contributed by atoms with Crippen LogP contribution in [0.4, 0.5) is 0 Å². The molecule has 0 spiro atoms. The number of hydrogen-bond acceptors (Lipinski definition) is 6. The van der Waals surface area contributed by atoms with Crippen LogP contribution in [0.25, 0.3) is 0 Å². The van der Waals surface area contributed by atoms with E-state index in [0.717, 1.165) is 28.7 Å². The molecule has 0 saturated carbocycles. The van der Waals surface area contributed by atoms with Crippen molar-refractivity contribution in [2.45, 2.75) is 16.9 Å². The smallest absolute Gasteiger partial charge is 0.247 e. The second kappa shape index (κ2) is 8.06. The maximum absolute atomic E-state index is 11.3. The van der Waals surface area contributed by atoms with Gasteiger partial charge in [0.1, 0.15) is 4.21 Å². The zero-order valence-electron chi connectivity index (χ0n) is 13.2. The molecule has 2 heterocycles. The quantitative estimate of drug-likeness (QED) is 0.556. The largest absolute Gasteiger partial charge is 0.382 e. The van der Waals surface area contributed by atoms with E-state index in [1.54, 1.807) is 20.2 Å². The summed E-state index contributed by atoms with van der Waals surface area (Å²) in [5.41, 5.74) is 0. The number of sulfonamides is 1. The SMILES string of the molecule is CN=C(NCc1ccc(S(N)(=O)=O)s1)N1CCOC(COC)C1. The molecule has 130 valence electrons. The topological polar surface area (TPSA) is 106 Å². The van der Waals surface area contributed by atoms with Crippen molar-refractivity contribution in [3.63, 3.8) is 0 Å². The summed E-state index contributed by atoms with van der Waals surface area (Å²) in [4.78, 5) is 7.24. The van der Waals surface area contributed by atoms with Crippen molar-refractivity contribution in [3.8, 4) is 0 Å². The first-order valence-electron chi connectivity index (χ1n) is 7.11. The van der Waals surface area contributed by atoms with Crippen LogP contribution in [0, 0.1) is 0 Å². The van der Waals surface area contributed by atoms with E-state index in [0.29, 0.717) is 26.3 Å². The van der Waals surface area contributed by atoms with Crippen LogP contribution in [0.1, 0.15) is 4.88 Å². The van der Waals surface area contributed by atoms with E-state index in [1.165, 1.54) is 6.07 Å². The molecule has 3 N–H and O–H groups in total. The minimum Gasteiger partial charge on any atom is -0.382 e. The highest BCUT2D eigenvalue weighted by molar-refractivity contribution is 7.91. The number of guanidine groups is 1. The Morgan fingerprint density at radius 2 is 2.39 bits per heavy atom. The molecule has 1 aliphatic heterocycles. The highest BCUT2D eigenvalue weighted by Gasteiger charge is 2.22. The van der Waals surface area contributed by atoms with Crippen molar-refractivity contribution in [1.29, 1.82) is 0 Å². The van der Waals surface area contributed by atoms with Crippen molar-refractivity contribution in [3.05, 3.63) is 17.0 Å². The molecule has 0 aromatic carbocycles. The summed E-state index contributed by atoms with van der Waals surface area (Å²) in [7, 11) is -0.277. The molecule has 8 nitrogen and oxygen atoms in total. The van der Waals surface area contributed by atoms with Crippen molar-refractivity contribution < 1.29 is 17.9 Å². The van der Waals surface area contributed by atoms with Gasteiger partial charge in [0.05, 0.1) is 25.9 Å². The zero-order valence-corrected chi connectivity index (χ0v) is 14.8. The van der Waals surface area contributed by atoms with Gasteiger partial charge in [-0.05, 0) is 12.1 Å². The van der Waals surface area contributed by atoms with Crippen molar-refractivity contribution in [1.82, 2.24) is 10.2 Å². The second-order valence-electron chi connectivity index (χ2n) is 5.06. The van der Waals surface area contributed by atoms with Gasteiger partial charge in [0.15, 0.2) is 5.96 Å². The number of thiophene rings is 1. The molecule has 0 radical (unpaired) electrons. The van der Waals surface area contributed by atoms with Gasteiger partial charge in [-0.1, -0.05) is 0 Å². The maximum atomic E-state index is 11.3. The van der Waals surface area contributed by atoms with E-state index in [-0.39, 0.29) is 10.3 Å². The minimum absolute atomic E-state index is 0.0167. The summed E-state index contributed by atoms with van der Waals surface area (Å²) in [5.74, 6) is 0.750. The predicted octanol–water partition coefficient (Wildman–Crippen LogP) is -0.182. The monoisotopic (exact) mass is 362 g/mol. The average molecular weight is 362 g/mol. The fraction of sp³-hybridized carbons (Fsp3) is 0.615. The van der Waals surface area contributed by atoms with Gasteiger partial charge in [-0.15, -0.1) is 11.3 Å². The van der Waals surface area contributed by atoms with Gasteiger partial charge in [-0.3, -0.25) is 4.99 Å². The number of morpholine rings is 1. The molecular weight excluding hydrogens is 340 g/mol. The Kier molecular flexibility index (Phi) is 6.36. The Morgan fingerprint density at radius 1 is 1.61 bits per heavy atom. The van der Waals surface area contributed by atoms with Gasteiger partial charge in [-0.2, -0.15) is 0 Å². The van der Waals surface area contributed by atoms with E-state index >= 15 is 0 Å². The number of nitrogens with two attached hydrogens (primary N) is 1. The first-order valence-corrected chi connectivity index (χ1v) is 9.48. The highest BCUT2D eigenvalue weighted by Crippen LogP contribution is 2.20. The minimum atomic E-state index is -3.64. The van der Waals surface area contributed by atoms with E-state index in [9.17, 15) is 8.42 Å². The van der Waals surface area contributed by atoms with E-state index in [2.05, 4.69) is 15.2 Å². The Balaban J connectivity index is 1.94. The number of rotatable bonds is 5. The van der Waals surface area contributed by atoms with Crippen LogP contribution in [0.5, 0.6) is 0 Å². The predicted molar refractivity (Wildman–Crippen MR) is 89.1 cm³/mol. The fourth-order valence-electron chi connectivity index (χ4n) is 2.30. The average Bonchev–Trinajstić information content (AvgIpc) is 2.98. The molecule has 23 heavy (non-hydrogen) atoms. The molecule has 1 saturated heterocycles. The Bertz CT molecular complexity index is 642. The van der Waals surface area contributed by atoms with E-state index < -0.39 is 10.0 Å². The van der Waals surface area contributed by atoms with Gasteiger partial charge in [0.2, 0.25) is 10.0 Å². The number of nitrogens with zero attached hydrogens (tertiary/aromatic N) is 2. The number of methoxy groups -OCH3 is 1. The van der Waals surface area contributed by atoms with Crippen LogP contribution in [-0.4, -0.2) is 65.8 Å². The van der Waals surface area contributed by atoms with Crippen LogP contribution >= 0.6 is 11.3 Å². The molecule has 1 aromatic rings. The number of ether oxygens (including phenoxy) is 2. The molecule has 1 unspecified atom stereocenters. The fourth-order valence-corrected chi connectivity index (χ4v) is 4.02. The summed E-state index contributed by atoms with van der Waals surface area (Å²) in [6, 6.07) is 3.26. The lowest BCUT2D eigenvalue weighted by molar-refractivity contribution is -0.0447. The lowest BCUT2D eigenvalue weighted by Crippen LogP contribution is -2.51. The lowest BCUT2D eigenvalue weighted by atomic mass is 10.3. The first-order chi connectivity index (χ1) is 10.9. The Hall–Kier alpha value is -1.20. The Labute approximate surface area is 140 Å². The summed E-state index contributed by atoms with van der Waals surface area (Å²) in [5, 5.41) is 8.35. The second-order valence-corrected chi connectivity index (χ2v) is 8.02. The molecule has 2 rings (SSSR count). The number of primary sulfonamides is 1. The van der Waals surface area contributed by atoms with Crippen LogP contribution in [-0.2, 0) is 26.0 Å². The number of hydrogen-bond donors (Lipinski definition) is 2. The molecule has 1 atom stereocenters. The zero-order chi connectivity index (χ0) is 16.9. The first kappa shape index (κ1) is 18.1. The summed E-state index contributed by atoms with van der Waals surface area (Å²) < 4.78 is 33.5. The third-order valence-electron chi connectivity index (χ3n) is 3.34. The summed E-state index contributed by atoms with van der Waals surface area (Å²) in [6.45, 7) is 3.08. The van der Waals surface area contributed by atoms with E-state index in [4.69, 9.17) is 14.6 Å². The van der Waals surface area contributed by atoms with Gasteiger partial charge < -0.3 is 19.7 Å². The lowest BCUT2D eigenvalue weighted by Gasteiger charge is -2.34. The van der Waals surface area contributed by atoms with Crippen molar-refractivity contribution in [2.75, 3.05) is 40.5 Å². The molecule has 0 aliphatic carbocycles. The third kappa shape index (κ3) is 5.15. The molecule has 1 aliphatic rings. The summed E-state index contributed by atoms with van der Waals surface area (Å²) in [6.07, 6.45) is 0.0167. The van der Waals surface area contributed by atoms with E-state index in [1.807, 2.05) is 0 Å². The van der Waals surface area contributed by atoms with Crippen molar-refractivity contribution in [2.24, 2.45) is 10.1 Å². The molecule has 1 fully saturated rings. The van der Waals surface area contributed by atoms with Crippen LogP contribution < -0.4 is 10.5 Å². The van der Waals surface area contributed by atoms with Crippen LogP contribution in [0.3, 0.4) is 0 Å². The molecule has 0 bridgehead atoms. The van der Waals surface area contributed by atoms with Gasteiger partial charge >= 0.3 is 0 Å². The standard InChI is InChI=1S/C13H22N4O4S2/c1-15-13(17-5-6-21-10(8-17)9-20-2)16-7-11-3-4-12(22-11)23(14,18)19/h3-4,10H,5-9H2,1-2H3,(H,15,16)(H2,14,18,19). The van der Waals surface area contributed by atoms with Gasteiger partial charge in [-0.25, -0.2) is 13.6 Å². The molecule has 10 heteroatoms. The van der Waals surface area contributed by atoms with Crippen LogP contribution in [0.2, 0.25) is 0 Å². The molecular formula is C13H22N4O4S2. The number of aliphatic imine (C=N–C) groups is 1.